The van der Waals surface area contributed by atoms with Crippen LogP contribution in [0, 0.1) is 19.3 Å². The molecular weight excluding hydrogens is 264 g/mol. The molecule has 0 radical (unpaired) electrons. The van der Waals surface area contributed by atoms with Crippen LogP contribution in [0.2, 0.25) is 0 Å². The van der Waals surface area contributed by atoms with Gasteiger partial charge in [0.15, 0.2) is 0 Å². The van der Waals surface area contributed by atoms with Crippen molar-refractivity contribution >= 4 is 17.5 Å². The van der Waals surface area contributed by atoms with Crippen LogP contribution >= 0.6 is 0 Å². The molecule has 1 fully saturated rings. The maximum Gasteiger partial charge on any atom is 0.240 e. The summed E-state index contributed by atoms with van der Waals surface area (Å²) in [5.74, 6) is -0.298. The van der Waals surface area contributed by atoms with Crippen molar-refractivity contribution in [3.63, 3.8) is 0 Å². The van der Waals surface area contributed by atoms with Gasteiger partial charge in [-0.15, -0.1) is 0 Å². The molecule has 1 aromatic rings. The number of aryl methyl sites for hydroxylation is 2. The molecule has 2 N–H and O–H groups in total. The van der Waals surface area contributed by atoms with Crippen molar-refractivity contribution in [3.8, 4) is 0 Å². The van der Waals surface area contributed by atoms with Crippen LogP contribution in [-0.4, -0.2) is 18.4 Å². The van der Waals surface area contributed by atoms with Gasteiger partial charge in [0.25, 0.3) is 0 Å². The Morgan fingerprint density at radius 1 is 1.14 bits per heavy atom. The van der Waals surface area contributed by atoms with Crippen molar-refractivity contribution in [2.24, 2.45) is 5.41 Å². The minimum atomic E-state index is -0.845. The molecule has 0 aromatic heterocycles. The lowest BCUT2D eigenvalue weighted by Gasteiger charge is -2.17. The highest BCUT2D eigenvalue weighted by Crippen LogP contribution is 2.47. The fraction of sp³-hybridized carbons (Fsp3) is 0.529. The van der Waals surface area contributed by atoms with Crippen molar-refractivity contribution in [1.82, 2.24) is 5.32 Å². The highest BCUT2D eigenvalue weighted by atomic mass is 16.2. The van der Waals surface area contributed by atoms with Gasteiger partial charge in [0, 0.05) is 12.2 Å². The van der Waals surface area contributed by atoms with Crippen molar-refractivity contribution < 1.29 is 9.59 Å². The lowest BCUT2D eigenvalue weighted by atomic mass is 10.0. The molecule has 2 amide bonds. The number of hydrogen-bond acceptors (Lipinski definition) is 2. The average Bonchev–Trinajstić information content (AvgIpc) is 3.24. The Balaban J connectivity index is 2.04. The SMILES string of the molecule is CCCCNC(=O)C1(C(=O)Nc2c(C)cccc2C)CC1. The van der Waals surface area contributed by atoms with Gasteiger partial charge < -0.3 is 10.6 Å². The molecule has 21 heavy (non-hydrogen) atoms. The Morgan fingerprint density at radius 2 is 1.76 bits per heavy atom. The van der Waals surface area contributed by atoms with Crippen molar-refractivity contribution in [3.05, 3.63) is 29.3 Å². The number of anilines is 1. The van der Waals surface area contributed by atoms with Crippen LogP contribution in [0.1, 0.15) is 43.7 Å². The van der Waals surface area contributed by atoms with Gasteiger partial charge in [-0.2, -0.15) is 0 Å². The summed E-state index contributed by atoms with van der Waals surface area (Å²) in [7, 11) is 0. The summed E-state index contributed by atoms with van der Waals surface area (Å²) >= 11 is 0. The first-order chi connectivity index (χ1) is 10.0. The molecule has 4 heteroatoms. The van der Waals surface area contributed by atoms with Gasteiger partial charge in [0.1, 0.15) is 5.41 Å². The minimum Gasteiger partial charge on any atom is -0.355 e. The summed E-state index contributed by atoms with van der Waals surface area (Å²) in [5, 5.41) is 5.84. The molecule has 2 rings (SSSR count). The third-order valence-corrected chi connectivity index (χ3v) is 4.15. The predicted molar refractivity (Wildman–Crippen MR) is 84.1 cm³/mol. The van der Waals surface area contributed by atoms with Crippen molar-refractivity contribution in [1.29, 1.82) is 0 Å². The van der Waals surface area contributed by atoms with Gasteiger partial charge in [-0.05, 0) is 44.2 Å². The molecule has 1 aliphatic rings. The maximum absolute atomic E-state index is 12.5. The van der Waals surface area contributed by atoms with Gasteiger partial charge in [-0.1, -0.05) is 31.5 Å². The van der Waals surface area contributed by atoms with Crippen LogP contribution in [0.25, 0.3) is 0 Å². The van der Waals surface area contributed by atoms with E-state index in [1.165, 1.54) is 0 Å². The predicted octanol–water partition coefficient (Wildman–Crippen LogP) is 2.94. The Hall–Kier alpha value is -1.84. The molecule has 4 nitrogen and oxygen atoms in total. The van der Waals surface area contributed by atoms with E-state index in [1.54, 1.807) is 0 Å². The molecule has 0 aliphatic heterocycles. The summed E-state index contributed by atoms with van der Waals surface area (Å²) in [6, 6.07) is 5.89. The van der Waals surface area contributed by atoms with Crippen LogP contribution in [0.3, 0.4) is 0 Å². The molecule has 0 atom stereocenters. The van der Waals surface area contributed by atoms with E-state index in [1.807, 2.05) is 32.0 Å². The fourth-order valence-electron chi connectivity index (χ4n) is 2.47. The Bertz CT molecular complexity index is 527. The number of hydrogen-bond donors (Lipinski definition) is 2. The molecule has 1 saturated carbocycles. The summed E-state index contributed by atoms with van der Waals surface area (Å²) in [5.41, 5.74) is 2.02. The van der Waals surface area contributed by atoms with E-state index in [0.29, 0.717) is 19.4 Å². The van der Waals surface area contributed by atoms with Gasteiger partial charge in [-0.25, -0.2) is 0 Å². The number of nitrogens with one attached hydrogen (secondary N) is 2. The molecule has 114 valence electrons. The molecule has 0 saturated heterocycles. The molecule has 0 heterocycles. The number of carbonyl (C=O) groups excluding carboxylic acids is 2. The summed E-state index contributed by atoms with van der Waals surface area (Å²) in [4.78, 5) is 24.7. The van der Waals surface area contributed by atoms with Gasteiger partial charge in [0.2, 0.25) is 11.8 Å². The third-order valence-electron chi connectivity index (χ3n) is 4.15. The van der Waals surface area contributed by atoms with Crippen molar-refractivity contribution in [2.45, 2.75) is 46.5 Å². The summed E-state index contributed by atoms with van der Waals surface area (Å²) < 4.78 is 0. The van der Waals surface area contributed by atoms with E-state index < -0.39 is 5.41 Å². The topological polar surface area (TPSA) is 58.2 Å². The number of rotatable bonds is 6. The first-order valence-corrected chi connectivity index (χ1v) is 7.67. The second-order valence-corrected chi connectivity index (χ2v) is 5.91. The van der Waals surface area contributed by atoms with E-state index in [-0.39, 0.29) is 11.8 Å². The first-order valence-electron chi connectivity index (χ1n) is 7.67. The second-order valence-electron chi connectivity index (χ2n) is 5.91. The summed E-state index contributed by atoms with van der Waals surface area (Å²) in [6.07, 6.45) is 3.26. The Morgan fingerprint density at radius 3 is 2.29 bits per heavy atom. The zero-order chi connectivity index (χ0) is 15.5. The van der Waals surface area contributed by atoms with Crippen molar-refractivity contribution in [2.75, 3.05) is 11.9 Å². The van der Waals surface area contributed by atoms with Gasteiger partial charge in [0.05, 0.1) is 0 Å². The first kappa shape index (κ1) is 15.5. The Kier molecular flexibility index (Phi) is 4.66. The number of amides is 2. The van der Waals surface area contributed by atoms with E-state index in [2.05, 4.69) is 17.6 Å². The molecule has 0 spiro atoms. The largest absolute Gasteiger partial charge is 0.355 e. The number of carbonyl (C=O) groups is 2. The smallest absolute Gasteiger partial charge is 0.240 e. The number of unbranched alkanes of at least 4 members (excludes halogenated alkanes) is 1. The van der Waals surface area contributed by atoms with Gasteiger partial charge >= 0.3 is 0 Å². The molecule has 1 aromatic carbocycles. The van der Waals surface area contributed by atoms with Crippen LogP contribution < -0.4 is 10.6 Å². The summed E-state index contributed by atoms with van der Waals surface area (Å²) in [6.45, 7) is 6.65. The number of para-hydroxylation sites is 1. The normalized spacial score (nSPS) is 15.4. The monoisotopic (exact) mass is 288 g/mol. The molecule has 0 unspecified atom stereocenters. The van der Waals surface area contributed by atoms with Crippen LogP contribution in [-0.2, 0) is 9.59 Å². The lowest BCUT2D eigenvalue weighted by molar-refractivity contribution is -0.134. The number of benzene rings is 1. The van der Waals surface area contributed by atoms with E-state index in [0.717, 1.165) is 29.7 Å². The standard InChI is InChI=1S/C17H24N2O2/c1-4-5-11-18-15(20)17(9-10-17)16(21)19-14-12(2)7-6-8-13(14)3/h6-8H,4-5,9-11H2,1-3H3,(H,18,20)(H,19,21). The van der Waals surface area contributed by atoms with Crippen LogP contribution in [0.5, 0.6) is 0 Å². The quantitative estimate of drug-likeness (QED) is 0.624. The minimum absolute atomic E-state index is 0.125. The zero-order valence-corrected chi connectivity index (χ0v) is 13.1. The Labute approximate surface area is 126 Å². The average molecular weight is 288 g/mol. The second kappa shape index (κ2) is 6.29. The van der Waals surface area contributed by atoms with Crippen LogP contribution in [0.4, 0.5) is 5.69 Å². The van der Waals surface area contributed by atoms with E-state index >= 15 is 0 Å². The highest BCUT2D eigenvalue weighted by molar-refractivity contribution is 6.13. The maximum atomic E-state index is 12.5. The lowest BCUT2D eigenvalue weighted by Crippen LogP contribution is -2.40. The van der Waals surface area contributed by atoms with Gasteiger partial charge in [-0.3, -0.25) is 9.59 Å². The highest BCUT2D eigenvalue weighted by Gasteiger charge is 2.56. The zero-order valence-electron chi connectivity index (χ0n) is 13.1. The molecular formula is C17H24N2O2. The van der Waals surface area contributed by atoms with E-state index in [4.69, 9.17) is 0 Å². The molecule has 0 bridgehead atoms. The van der Waals surface area contributed by atoms with E-state index in [9.17, 15) is 9.59 Å². The third kappa shape index (κ3) is 3.26. The van der Waals surface area contributed by atoms with Crippen LogP contribution in [0.15, 0.2) is 18.2 Å². The molecule has 1 aliphatic carbocycles. The fourth-order valence-corrected chi connectivity index (χ4v) is 2.47.